The largest absolute Gasteiger partial charge is 0.379 e. The normalized spacial score (nSPS) is 25.0. The van der Waals surface area contributed by atoms with Gasteiger partial charge in [-0.05, 0) is 23.8 Å². The van der Waals surface area contributed by atoms with E-state index < -0.39 is 0 Å². The van der Waals surface area contributed by atoms with Crippen molar-refractivity contribution in [3.05, 3.63) is 41.5 Å². The Morgan fingerprint density at radius 1 is 1.10 bits per heavy atom. The van der Waals surface area contributed by atoms with Gasteiger partial charge in [-0.15, -0.1) is 11.3 Å². The molecular formula is C25H32N4OS. The van der Waals surface area contributed by atoms with Gasteiger partial charge in [0.25, 0.3) is 0 Å². The zero-order valence-corrected chi connectivity index (χ0v) is 19.3. The molecule has 6 heteroatoms. The maximum atomic E-state index is 5.51. The number of thiophene rings is 1. The number of nitrogens with zero attached hydrogens (tertiary/aromatic N) is 3. The Balaban J connectivity index is 1.54. The first-order valence-electron chi connectivity index (χ1n) is 11.6. The predicted molar refractivity (Wildman–Crippen MR) is 129 cm³/mol. The number of morpholine rings is 1. The van der Waals surface area contributed by atoms with Crippen LogP contribution < -0.4 is 5.32 Å². The molecule has 3 heterocycles. The molecule has 164 valence electrons. The van der Waals surface area contributed by atoms with Crippen LogP contribution in [-0.4, -0.2) is 47.2 Å². The van der Waals surface area contributed by atoms with E-state index in [0.717, 1.165) is 55.2 Å². The van der Waals surface area contributed by atoms with Crippen molar-refractivity contribution in [2.75, 3.05) is 31.6 Å². The van der Waals surface area contributed by atoms with Crippen molar-refractivity contribution in [1.82, 2.24) is 14.9 Å². The van der Waals surface area contributed by atoms with E-state index in [-0.39, 0.29) is 0 Å². The molecule has 31 heavy (non-hydrogen) atoms. The van der Waals surface area contributed by atoms with Gasteiger partial charge < -0.3 is 10.1 Å². The fourth-order valence-electron chi connectivity index (χ4n) is 4.91. The SMILES string of the molecule is CC1CCCC(Nc2nc(CN3CCOCC3)nc3scc(-c4ccccc4)c23)C1C. The van der Waals surface area contributed by atoms with Crippen molar-refractivity contribution >= 4 is 27.4 Å². The van der Waals surface area contributed by atoms with E-state index in [4.69, 9.17) is 14.7 Å². The zero-order chi connectivity index (χ0) is 21.2. The lowest BCUT2D eigenvalue weighted by Crippen LogP contribution is -2.37. The lowest BCUT2D eigenvalue weighted by atomic mass is 9.78. The second-order valence-corrected chi connectivity index (χ2v) is 9.95. The van der Waals surface area contributed by atoms with Crippen LogP contribution in [0.4, 0.5) is 5.82 Å². The molecule has 0 amide bonds. The smallest absolute Gasteiger partial charge is 0.146 e. The third kappa shape index (κ3) is 4.47. The molecule has 5 nitrogen and oxygen atoms in total. The number of aromatic nitrogens is 2. The van der Waals surface area contributed by atoms with Gasteiger partial charge >= 0.3 is 0 Å². The monoisotopic (exact) mass is 436 g/mol. The van der Waals surface area contributed by atoms with Gasteiger partial charge in [0.2, 0.25) is 0 Å². The van der Waals surface area contributed by atoms with Gasteiger partial charge in [-0.3, -0.25) is 4.90 Å². The van der Waals surface area contributed by atoms with E-state index in [1.807, 2.05) is 0 Å². The first kappa shape index (κ1) is 20.9. The van der Waals surface area contributed by atoms with Crippen LogP contribution in [0.5, 0.6) is 0 Å². The second kappa shape index (κ2) is 9.23. The van der Waals surface area contributed by atoms with Crippen molar-refractivity contribution in [2.24, 2.45) is 11.8 Å². The van der Waals surface area contributed by atoms with E-state index in [2.05, 4.69) is 59.8 Å². The standard InChI is InChI=1S/C25H32N4OS/c1-17-7-6-10-21(18(17)2)26-24-23-20(19-8-4-3-5-9-19)16-31-25(23)28-22(27-24)15-29-11-13-30-14-12-29/h3-5,8-9,16-18,21H,6-7,10-15H2,1-2H3,(H,26,27,28). The van der Waals surface area contributed by atoms with Crippen LogP contribution in [0.2, 0.25) is 0 Å². The second-order valence-electron chi connectivity index (χ2n) is 9.09. The first-order chi connectivity index (χ1) is 15.2. The Hall–Kier alpha value is -2.02. The van der Waals surface area contributed by atoms with Crippen LogP contribution in [0.15, 0.2) is 35.7 Å². The Labute approximate surface area is 188 Å². The Kier molecular flexibility index (Phi) is 6.21. The summed E-state index contributed by atoms with van der Waals surface area (Å²) in [5, 5.41) is 7.31. The number of ether oxygens (including phenoxy) is 1. The maximum absolute atomic E-state index is 5.51. The summed E-state index contributed by atoms with van der Waals surface area (Å²) in [4.78, 5) is 13.6. The van der Waals surface area contributed by atoms with Gasteiger partial charge in [-0.2, -0.15) is 0 Å². The molecule has 3 unspecified atom stereocenters. The average molecular weight is 437 g/mol. The van der Waals surface area contributed by atoms with Crippen LogP contribution in [0.25, 0.3) is 21.3 Å². The first-order valence-corrected chi connectivity index (χ1v) is 12.5. The summed E-state index contributed by atoms with van der Waals surface area (Å²) < 4.78 is 5.51. The van der Waals surface area contributed by atoms with Gasteiger partial charge in [0.05, 0.1) is 25.1 Å². The van der Waals surface area contributed by atoms with E-state index in [9.17, 15) is 0 Å². The molecule has 1 N–H and O–H groups in total. The van der Waals surface area contributed by atoms with Crippen LogP contribution >= 0.6 is 11.3 Å². The molecule has 1 aromatic carbocycles. The Bertz CT molecular complexity index is 1020. The molecule has 1 saturated carbocycles. The van der Waals surface area contributed by atoms with Gasteiger partial charge in [0.15, 0.2) is 0 Å². The van der Waals surface area contributed by atoms with Gasteiger partial charge in [0.1, 0.15) is 16.5 Å². The summed E-state index contributed by atoms with van der Waals surface area (Å²) in [6, 6.07) is 11.1. The Morgan fingerprint density at radius 3 is 2.71 bits per heavy atom. The van der Waals surface area contributed by atoms with Crippen LogP contribution in [-0.2, 0) is 11.3 Å². The predicted octanol–water partition coefficient (Wildman–Crippen LogP) is 5.43. The number of nitrogens with one attached hydrogen (secondary N) is 1. The molecular weight excluding hydrogens is 404 g/mol. The molecule has 2 aliphatic rings. The third-order valence-corrected chi connectivity index (χ3v) is 7.93. The fraction of sp³-hybridized carbons (Fsp3) is 0.520. The molecule has 3 aromatic rings. The van der Waals surface area contributed by atoms with Crippen molar-refractivity contribution in [2.45, 2.75) is 45.7 Å². The highest BCUT2D eigenvalue weighted by Crippen LogP contribution is 2.39. The molecule has 0 radical (unpaired) electrons. The Morgan fingerprint density at radius 2 is 1.90 bits per heavy atom. The molecule has 3 atom stereocenters. The molecule has 0 spiro atoms. The number of anilines is 1. The molecule has 5 rings (SSSR count). The van der Waals surface area contributed by atoms with E-state index >= 15 is 0 Å². The quantitative estimate of drug-likeness (QED) is 0.578. The minimum atomic E-state index is 0.460. The highest BCUT2D eigenvalue weighted by molar-refractivity contribution is 7.17. The van der Waals surface area contributed by atoms with Crippen molar-refractivity contribution in [3.63, 3.8) is 0 Å². The number of hydrogen-bond acceptors (Lipinski definition) is 6. The van der Waals surface area contributed by atoms with Crippen LogP contribution in [0, 0.1) is 11.8 Å². The molecule has 2 fully saturated rings. The van der Waals surface area contributed by atoms with E-state index in [0.29, 0.717) is 12.0 Å². The summed E-state index contributed by atoms with van der Waals surface area (Å²) in [6.45, 7) is 9.04. The minimum Gasteiger partial charge on any atom is -0.379 e. The van der Waals surface area contributed by atoms with E-state index in [1.165, 1.54) is 35.8 Å². The summed E-state index contributed by atoms with van der Waals surface area (Å²) in [5.74, 6) is 3.31. The summed E-state index contributed by atoms with van der Waals surface area (Å²) in [7, 11) is 0. The van der Waals surface area contributed by atoms with Gasteiger partial charge in [-0.25, -0.2) is 9.97 Å². The molecule has 1 aliphatic heterocycles. The van der Waals surface area contributed by atoms with Crippen LogP contribution in [0.1, 0.15) is 38.9 Å². The third-order valence-electron chi connectivity index (χ3n) is 7.06. The number of rotatable bonds is 5. The van der Waals surface area contributed by atoms with Crippen molar-refractivity contribution in [3.8, 4) is 11.1 Å². The summed E-state index contributed by atoms with van der Waals surface area (Å²) in [6.07, 6.45) is 3.82. The topological polar surface area (TPSA) is 50.3 Å². The lowest BCUT2D eigenvalue weighted by molar-refractivity contribution is 0.0331. The highest BCUT2D eigenvalue weighted by Gasteiger charge is 2.28. The lowest BCUT2D eigenvalue weighted by Gasteiger charge is -2.35. The summed E-state index contributed by atoms with van der Waals surface area (Å²) in [5.41, 5.74) is 2.46. The molecule has 1 saturated heterocycles. The van der Waals surface area contributed by atoms with Gasteiger partial charge in [-0.1, -0.05) is 57.0 Å². The molecule has 1 aliphatic carbocycles. The number of hydrogen-bond donors (Lipinski definition) is 1. The van der Waals surface area contributed by atoms with E-state index in [1.54, 1.807) is 11.3 Å². The number of benzene rings is 1. The van der Waals surface area contributed by atoms with Gasteiger partial charge in [0, 0.05) is 30.1 Å². The van der Waals surface area contributed by atoms with Crippen molar-refractivity contribution < 1.29 is 4.74 Å². The zero-order valence-electron chi connectivity index (χ0n) is 18.5. The maximum Gasteiger partial charge on any atom is 0.146 e. The summed E-state index contributed by atoms with van der Waals surface area (Å²) >= 11 is 1.73. The average Bonchev–Trinajstić information content (AvgIpc) is 3.22. The molecule has 2 aromatic heterocycles. The number of fused-ring (bicyclic) bond motifs is 1. The minimum absolute atomic E-state index is 0.460. The van der Waals surface area contributed by atoms with Crippen LogP contribution in [0.3, 0.4) is 0 Å². The fourth-order valence-corrected chi connectivity index (χ4v) is 5.88. The molecule has 0 bridgehead atoms. The van der Waals surface area contributed by atoms with Crippen molar-refractivity contribution in [1.29, 1.82) is 0 Å². The highest BCUT2D eigenvalue weighted by atomic mass is 32.1.